The molecule has 1 fully saturated rings. The van der Waals surface area contributed by atoms with Crippen LogP contribution in [-0.2, 0) is 0 Å². The van der Waals surface area contributed by atoms with Crippen LogP contribution in [0.5, 0.6) is 5.75 Å². The molecule has 3 nitrogen and oxygen atoms in total. The van der Waals surface area contributed by atoms with E-state index in [4.69, 9.17) is 10.5 Å². The maximum Gasteiger partial charge on any atom is 0.119 e. The Labute approximate surface area is 145 Å². The Kier molecular flexibility index (Phi) is 5.10. The second-order valence-electron chi connectivity index (χ2n) is 6.87. The van der Waals surface area contributed by atoms with Gasteiger partial charge in [0.25, 0.3) is 0 Å². The third kappa shape index (κ3) is 3.73. The second kappa shape index (κ2) is 7.27. The highest BCUT2D eigenvalue weighted by atomic mass is 16.5. The first kappa shape index (κ1) is 16.8. The Balaban J connectivity index is 1.78. The second-order valence-corrected chi connectivity index (χ2v) is 6.87. The van der Waals surface area contributed by atoms with Crippen LogP contribution >= 0.6 is 0 Å². The molecule has 0 aliphatic carbocycles. The molecule has 0 bridgehead atoms. The van der Waals surface area contributed by atoms with Gasteiger partial charge in [-0.05, 0) is 68.1 Å². The lowest BCUT2D eigenvalue weighted by Gasteiger charge is -2.38. The fourth-order valence-corrected chi connectivity index (χ4v) is 3.52. The smallest absolute Gasteiger partial charge is 0.119 e. The molecule has 1 aliphatic rings. The van der Waals surface area contributed by atoms with Gasteiger partial charge in [-0.2, -0.15) is 0 Å². The first-order chi connectivity index (χ1) is 11.6. The standard InChI is InChI=1S/C21H28N2O/c1-4-24-21-9-6-17(7-10-21)18-12-19(22)14-23(13-18)20-8-5-15(2)16(3)11-20/h5-11,18-19H,4,12-14,22H2,1-3H3. The summed E-state index contributed by atoms with van der Waals surface area (Å²) in [5, 5.41) is 0. The molecule has 2 N–H and O–H groups in total. The maximum absolute atomic E-state index is 6.37. The van der Waals surface area contributed by atoms with E-state index in [1.807, 2.05) is 6.92 Å². The van der Waals surface area contributed by atoms with Crippen LogP contribution in [0.3, 0.4) is 0 Å². The van der Waals surface area contributed by atoms with Crippen LogP contribution in [0.25, 0.3) is 0 Å². The number of rotatable bonds is 4. The molecule has 0 amide bonds. The highest BCUT2D eigenvalue weighted by Crippen LogP contribution is 2.31. The van der Waals surface area contributed by atoms with Crippen LogP contribution in [0.1, 0.15) is 36.0 Å². The zero-order chi connectivity index (χ0) is 17.1. The van der Waals surface area contributed by atoms with Crippen LogP contribution in [-0.4, -0.2) is 25.7 Å². The van der Waals surface area contributed by atoms with Gasteiger partial charge >= 0.3 is 0 Å². The van der Waals surface area contributed by atoms with Crippen molar-refractivity contribution in [2.24, 2.45) is 5.73 Å². The van der Waals surface area contributed by atoms with Crippen LogP contribution < -0.4 is 15.4 Å². The summed E-state index contributed by atoms with van der Waals surface area (Å²) in [5.74, 6) is 1.40. The lowest BCUT2D eigenvalue weighted by atomic mass is 9.88. The van der Waals surface area contributed by atoms with Crippen molar-refractivity contribution in [3.05, 3.63) is 59.2 Å². The fourth-order valence-electron chi connectivity index (χ4n) is 3.52. The summed E-state index contributed by atoms with van der Waals surface area (Å²) >= 11 is 0. The van der Waals surface area contributed by atoms with Crippen molar-refractivity contribution in [3.8, 4) is 5.75 Å². The maximum atomic E-state index is 6.37. The van der Waals surface area contributed by atoms with E-state index in [0.717, 1.165) is 25.3 Å². The number of hydrogen-bond donors (Lipinski definition) is 1. The van der Waals surface area contributed by atoms with Crippen molar-refractivity contribution >= 4 is 5.69 Å². The molecule has 0 radical (unpaired) electrons. The van der Waals surface area contributed by atoms with Gasteiger partial charge in [-0.1, -0.05) is 18.2 Å². The van der Waals surface area contributed by atoms with E-state index in [1.165, 1.54) is 22.4 Å². The minimum atomic E-state index is 0.205. The topological polar surface area (TPSA) is 38.5 Å². The predicted molar refractivity (Wildman–Crippen MR) is 101 cm³/mol. The van der Waals surface area contributed by atoms with Gasteiger partial charge in [0.15, 0.2) is 0 Å². The summed E-state index contributed by atoms with van der Waals surface area (Å²) in [6.07, 6.45) is 1.04. The molecule has 1 heterocycles. The number of hydrogen-bond acceptors (Lipinski definition) is 3. The van der Waals surface area contributed by atoms with Gasteiger partial charge in [0.1, 0.15) is 5.75 Å². The lowest BCUT2D eigenvalue weighted by Crippen LogP contribution is -2.46. The molecule has 2 unspecified atom stereocenters. The summed E-state index contributed by atoms with van der Waals surface area (Å²) in [4.78, 5) is 2.43. The Morgan fingerprint density at radius 1 is 1.04 bits per heavy atom. The van der Waals surface area contributed by atoms with E-state index in [-0.39, 0.29) is 6.04 Å². The molecule has 3 heteroatoms. The van der Waals surface area contributed by atoms with Crippen LogP contribution in [0.15, 0.2) is 42.5 Å². The Morgan fingerprint density at radius 2 is 1.79 bits per heavy atom. The molecule has 128 valence electrons. The Hall–Kier alpha value is -2.00. The van der Waals surface area contributed by atoms with E-state index < -0.39 is 0 Å². The molecule has 3 rings (SSSR count). The van der Waals surface area contributed by atoms with Gasteiger partial charge in [0, 0.05) is 30.7 Å². The van der Waals surface area contributed by atoms with E-state index >= 15 is 0 Å². The number of aryl methyl sites for hydroxylation is 2. The summed E-state index contributed by atoms with van der Waals surface area (Å²) in [6.45, 7) is 8.99. The zero-order valence-electron chi connectivity index (χ0n) is 15.0. The number of nitrogens with two attached hydrogens (primary N) is 1. The summed E-state index contributed by atoms with van der Waals surface area (Å²) in [5.41, 5.74) is 11.7. The summed E-state index contributed by atoms with van der Waals surface area (Å²) < 4.78 is 5.55. The zero-order valence-corrected chi connectivity index (χ0v) is 15.0. The van der Waals surface area contributed by atoms with Crippen LogP contribution in [0, 0.1) is 13.8 Å². The first-order valence-electron chi connectivity index (χ1n) is 8.87. The van der Waals surface area contributed by atoms with E-state index in [0.29, 0.717) is 12.5 Å². The van der Waals surface area contributed by atoms with Crippen molar-refractivity contribution in [2.75, 3.05) is 24.6 Å². The monoisotopic (exact) mass is 324 g/mol. The third-order valence-corrected chi connectivity index (χ3v) is 5.00. The van der Waals surface area contributed by atoms with Crippen molar-refractivity contribution in [2.45, 2.75) is 39.2 Å². The highest BCUT2D eigenvalue weighted by molar-refractivity contribution is 5.52. The quantitative estimate of drug-likeness (QED) is 0.923. The molecule has 2 aromatic carbocycles. The van der Waals surface area contributed by atoms with Gasteiger partial charge in [0.05, 0.1) is 6.61 Å². The highest BCUT2D eigenvalue weighted by Gasteiger charge is 2.26. The van der Waals surface area contributed by atoms with E-state index in [2.05, 4.69) is 61.2 Å². The van der Waals surface area contributed by atoms with Gasteiger partial charge in [-0.3, -0.25) is 0 Å². The molecule has 1 saturated heterocycles. The van der Waals surface area contributed by atoms with Gasteiger partial charge in [0.2, 0.25) is 0 Å². The van der Waals surface area contributed by atoms with Crippen molar-refractivity contribution in [1.82, 2.24) is 0 Å². The first-order valence-corrected chi connectivity index (χ1v) is 8.87. The molecule has 2 aromatic rings. The van der Waals surface area contributed by atoms with Crippen LogP contribution in [0.4, 0.5) is 5.69 Å². The van der Waals surface area contributed by atoms with Gasteiger partial charge in [-0.15, -0.1) is 0 Å². The molecular weight excluding hydrogens is 296 g/mol. The molecule has 0 saturated carbocycles. The lowest BCUT2D eigenvalue weighted by molar-refractivity contribution is 0.340. The number of ether oxygens (including phenoxy) is 1. The molecule has 1 aliphatic heterocycles. The van der Waals surface area contributed by atoms with Crippen molar-refractivity contribution in [3.63, 3.8) is 0 Å². The minimum Gasteiger partial charge on any atom is -0.494 e. The number of nitrogens with zero attached hydrogens (tertiary/aromatic N) is 1. The molecular formula is C21H28N2O. The largest absolute Gasteiger partial charge is 0.494 e. The number of piperidine rings is 1. The Morgan fingerprint density at radius 3 is 2.46 bits per heavy atom. The SMILES string of the molecule is CCOc1ccc(C2CC(N)CN(c3ccc(C)c(C)c3)C2)cc1. The third-order valence-electron chi connectivity index (χ3n) is 5.00. The van der Waals surface area contributed by atoms with Gasteiger partial charge < -0.3 is 15.4 Å². The van der Waals surface area contributed by atoms with Crippen molar-refractivity contribution in [1.29, 1.82) is 0 Å². The molecule has 0 spiro atoms. The van der Waals surface area contributed by atoms with E-state index in [1.54, 1.807) is 0 Å². The average molecular weight is 324 g/mol. The van der Waals surface area contributed by atoms with Crippen molar-refractivity contribution < 1.29 is 4.74 Å². The van der Waals surface area contributed by atoms with E-state index in [9.17, 15) is 0 Å². The normalized spacial score (nSPS) is 20.9. The fraction of sp³-hybridized carbons (Fsp3) is 0.429. The number of anilines is 1. The summed E-state index contributed by atoms with van der Waals surface area (Å²) in [7, 11) is 0. The number of benzene rings is 2. The summed E-state index contributed by atoms with van der Waals surface area (Å²) in [6, 6.07) is 15.4. The molecule has 24 heavy (non-hydrogen) atoms. The predicted octanol–water partition coefficient (Wildman–Crippen LogP) is 4.02. The molecule has 0 aromatic heterocycles. The molecule has 2 atom stereocenters. The van der Waals surface area contributed by atoms with Crippen LogP contribution in [0.2, 0.25) is 0 Å². The average Bonchev–Trinajstić information content (AvgIpc) is 2.58. The minimum absolute atomic E-state index is 0.205. The van der Waals surface area contributed by atoms with Gasteiger partial charge in [-0.25, -0.2) is 0 Å². The Bertz CT molecular complexity index is 681.